The van der Waals surface area contributed by atoms with Gasteiger partial charge in [-0.15, -0.1) is 0 Å². The summed E-state index contributed by atoms with van der Waals surface area (Å²) in [4.78, 5) is 14.2. The first-order valence-corrected chi connectivity index (χ1v) is 6.28. The lowest BCUT2D eigenvalue weighted by Gasteiger charge is -2.07. The summed E-state index contributed by atoms with van der Waals surface area (Å²) in [6.45, 7) is 1.83. The molecule has 2 aromatic rings. The van der Waals surface area contributed by atoms with Crippen LogP contribution in [0.4, 0.5) is 5.69 Å². The van der Waals surface area contributed by atoms with Gasteiger partial charge in [-0.25, -0.2) is 4.98 Å². The van der Waals surface area contributed by atoms with Crippen molar-refractivity contribution in [1.29, 1.82) is 0 Å². The molecule has 6 heteroatoms. The van der Waals surface area contributed by atoms with Crippen molar-refractivity contribution < 1.29 is 4.92 Å². The van der Waals surface area contributed by atoms with E-state index in [1.807, 2.05) is 6.92 Å². The van der Waals surface area contributed by atoms with Gasteiger partial charge in [-0.3, -0.25) is 10.1 Å². The normalized spacial score (nSPS) is 10.5. The van der Waals surface area contributed by atoms with Crippen molar-refractivity contribution in [3.8, 4) is 0 Å². The number of halogens is 2. The Balaban J connectivity index is 2.31. The number of rotatable bonds is 3. The molecule has 1 heterocycles. The molecule has 0 aliphatic carbocycles. The lowest BCUT2D eigenvalue weighted by Crippen LogP contribution is -1.96. The van der Waals surface area contributed by atoms with E-state index in [-0.39, 0.29) is 5.69 Å². The maximum atomic E-state index is 10.7. The summed E-state index contributed by atoms with van der Waals surface area (Å²) in [5.41, 5.74) is 2.74. The van der Waals surface area contributed by atoms with Crippen molar-refractivity contribution in [3.05, 3.63) is 67.4 Å². The molecule has 2 rings (SSSR count). The second kappa shape index (κ2) is 5.55. The molecule has 0 saturated carbocycles. The summed E-state index contributed by atoms with van der Waals surface area (Å²) in [6, 6.07) is 8.24. The van der Waals surface area contributed by atoms with E-state index in [1.54, 1.807) is 24.3 Å². The average molecular weight is 297 g/mol. The van der Waals surface area contributed by atoms with Gasteiger partial charge >= 0.3 is 0 Å². The van der Waals surface area contributed by atoms with Crippen LogP contribution < -0.4 is 0 Å². The Morgan fingerprint density at radius 2 is 1.89 bits per heavy atom. The van der Waals surface area contributed by atoms with Crippen molar-refractivity contribution in [2.24, 2.45) is 0 Å². The second-order valence-electron chi connectivity index (χ2n) is 4.13. The van der Waals surface area contributed by atoms with Crippen LogP contribution in [0, 0.1) is 17.0 Å². The van der Waals surface area contributed by atoms with Crippen LogP contribution in [0.5, 0.6) is 0 Å². The maximum Gasteiger partial charge on any atom is 0.269 e. The van der Waals surface area contributed by atoms with Gasteiger partial charge in [-0.2, -0.15) is 0 Å². The molecule has 0 bridgehead atoms. The first kappa shape index (κ1) is 13.8. The summed E-state index contributed by atoms with van der Waals surface area (Å²) in [5, 5.41) is 11.4. The molecular weight excluding hydrogens is 287 g/mol. The average Bonchev–Trinajstić information content (AvgIpc) is 2.34. The predicted octanol–water partition coefficient (Wildman–Crippen LogP) is 4.20. The Morgan fingerprint density at radius 1 is 1.21 bits per heavy atom. The number of nitro groups is 1. The zero-order valence-corrected chi connectivity index (χ0v) is 11.6. The highest BCUT2D eigenvalue weighted by Crippen LogP contribution is 2.23. The van der Waals surface area contributed by atoms with E-state index in [0.29, 0.717) is 16.7 Å². The van der Waals surface area contributed by atoms with Gasteiger partial charge in [0.15, 0.2) is 0 Å². The Hall–Kier alpha value is -1.65. The van der Waals surface area contributed by atoms with Crippen LogP contribution in [-0.2, 0) is 6.42 Å². The molecule has 0 saturated heterocycles. The molecule has 0 unspecified atom stereocenters. The van der Waals surface area contributed by atoms with E-state index in [0.717, 1.165) is 16.7 Å². The summed E-state index contributed by atoms with van der Waals surface area (Å²) >= 11 is 11.7. The fraction of sp³-hybridized carbons (Fsp3) is 0.154. The molecule has 0 aliphatic rings. The van der Waals surface area contributed by atoms with E-state index >= 15 is 0 Å². The third kappa shape index (κ3) is 3.22. The van der Waals surface area contributed by atoms with Crippen LogP contribution in [0.15, 0.2) is 30.3 Å². The predicted molar refractivity (Wildman–Crippen MR) is 74.9 cm³/mol. The van der Waals surface area contributed by atoms with Crippen LogP contribution in [0.2, 0.25) is 10.3 Å². The standard InChI is InChI=1S/C13H10Cl2N2O2/c1-8-6-11(17(18)19)4-2-9(8)7-10-3-5-12(14)16-13(10)15/h2-6H,7H2,1H3. The molecule has 0 radical (unpaired) electrons. The first-order chi connectivity index (χ1) is 8.97. The van der Waals surface area contributed by atoms with Gasteiger partial charge < -0.3 is 0 Å². The fourth-order valence-electron chi connectivity index (χ4n) is 1.77. The molecule has 0 aliphatic heterocycles. The van der Waals surface area contributed by atoms with Gasteiger partial charge in [0.05, 0.1) is 4.92 Å². The highest BCUT2D eigenvalue weighted by Gasteiger charge is 2.10. The lowest BCUT2D eigenvalue weighted by atomic mass is 10.0. The number of nitrogens with zero attached hydrogens (tertiary/aromatic N) is 2. The number of aromatic nitrogens is 1. The van der Waals surface area contributed by atoms with Crippen LogP contribution in [0.1, 0.15) is 16.7 Å². The number of aryl methyl sites for hydroxylation is 1. The third-order valence-corrected chi connectivity index (χ3v) is 3.35. The van der Waals surface area contributed by atoms with E-state index in [9.17, 15) is 10.1 Å². The molecule has 0 atom stereocenters. The number of nitro benzene ring substituents is 1. The largest absolute Gasteiger partial charge is 0.269 e. The minimum absolute atomic E-state index is 0.0848. The van der Waals surface area contributed by atoms with E-state index in [1.165, 1.54) is 6.07 Å². The number of hydrogen-bond donors (Lipinski definition) is 0. The van der Waals surface area contributed by atoms with Gasteiger partial charge in [0.25, 0.3) is 5.69 Å². The van der Waals surface area contributed by atoms with Gasteiger partial charge in [-0.1, -0.05) is 35.3 Å². The second-order valence-corrected chi connectivity index (χ2v) is 4.87. The smallest absolute Gasteiger partial charge is 0.258 e. The minimum atomic E-state index is -0.409. The third-order valence-electron chi connectivity index (χ3n) is 2.81. The molecule has 0 N–H and O–H groups in total. The van der Waals surface area contributed by atoms with Gasteiger partial charge in [0.1, 0.15) is 10.3 Å². The molecular formula is C13H10Cl2N2O2. The number of benzene rings is 1. The van der Waals surface area contributed by atoms with E-state index < -0.39 is 4.92 Å². The van der Waals surface area contributed by atoms with E-state index in [2.05, 4.69) is 4.98 Å². The van der Waals surface area contributed by atoms with Crippen LogP contribution in [0.3, 0.4) is 0 Å². The van der Waals surface area contributed by atoms with Gasteiger partial charge in [0.2, 0.25) is 0 Å². The van der Waals surface area contributed by atoms with Crippen molar-refractivity contribution in [1.82, 2.24) is 4.98 Å². The Morgan fingerprint density at radius 3 is 2.47 bits per heavy atom. The highest BCUT2D eigenvalue weighted by molar-refractivity contribution is 6.32. The molecule has 1 aromatic heterocycles. The van der Waals surface area contributed by atoms with Crippen LogP contribution in [-0.4, -0.2) is 9.91 Å². The summed E-state index contributed by atoms with van der Waals surface area (Å²) in [7, 11) is 0. The molecule has 0 spiro atoms. The van der Waals surface area contributed by atoms with Crippen molar-refractivity contribution in [2.45, 2.75) is 13.3 Å². The quantitative estimate of drug-likeness (QED) is 0.485. The molecule has 4 nitrogen and oxygen atoms in total. The Labute approximate surface area is 120 Å². The topological polar surface area (TPSA) is 56.0 Å². The fourth-order valence-corrected chi connectivity index (χ4v) is 2.18. The lowest BCUT2D eigenvalue weighted by molar-refractivity contribution is -0.384. The first-order valence-electron chi connectivity index (χ1n) is 5.52. The van der Waals surface area contributed by atoms with Crippen molar-refractivity contribution in [2.75, 3.05) is 0 Å². The molecule has 0 amide bonds. The zero-order chi connectivity index (χ0) is 14.0. The molecule has 0 fully saturated rings. The van der Waals surface area contributed by atoms with Gasteiger partial charge in [0, 0.05) is 18.6 Å². The molecule has 1 aromatic carbocycles. The number of pyridine rings is 1. The number of hydrogen-bond acceptors (Lipinski definition) is 3. The molecule has 98 valence electrons. The Kier molecular flexibility index (Phi) is 4.02. The van der Waals surface area contributed by atoms with Crippen molar-refractivity contribution in [3.63, 3.8) is 0 Å². The highest BCUT2D eigenvalue weighted by atomic mass is 35.5. The Bertz CT molecular complexity index is 645. The van der Waals surface area contributed by atoms with Crippen LogP contribution in [0.25, 0.3) is 0 Å². The van der Waals surface area contributed by atoms with Crippen molar-refractivity contribution >= 4 is 28.9 Å². The number of non-ortho nitro benzene ring substituents is 1. The molecule has 19 heavy (non-hydrogen) atoms. The summed E-state index contributed by atoms with van der Waals surface area (Å²) in [5.74, 6) is 0. The monoisotopic (exact) mass is 296 g/mol. The maximum absolute atomic E-state index is 10.7. The summed E-state index contributed by atoms with van der Waals surface area (Å²) < 4.78 is 0. The zero-order valence-electron chi connectivity index (χ0n) is 10.1. The van der Waals surface area contributed by atoms with E-state index in [4.69, 9.17) is 23.2 Å². The SMILES string of the molecule is Cc1cc([N+](=O)[O-])ccc1Cc1ccc(Cl)nc1Cl. The summed E-state index contributed by atoms with van der Waals surface area (Å²) in [6.07, 6.45) is 0.562. The minimum Gasteiger partial charge on any atom is -0.258 e. The van der Waals surface area contributed by atoms with Crippen LogP contribution >= 0.6 is 23.2 Å². The van der Waals surface area contributed by atoms with Gasteiger partial charge in [-0.05, 0) is 29.7 Å².